The second kappa shape index (κ2) is 6.43. The van der Waals surface area contributed by atoms with Crippen LogP contribution in [0.1, 0.15) is 0 Å². The van der Waals surface area contributed by atoms with Crippen LogP contribution in [0.3, 0.4) is 0 Å². The maximum absolute atomic E-state index is 9.86. The normalized spacial score (nSPS) is 19.8. The Morgan fingerprint density at radius 3 is 2.13 bits per heavy atom. The molecule has 0 rings (SSSR count). The van der Waals surface area contributed by atoms with Gasteiger partial charge in [-0.3, -0.25) is 10.1 Å². The molecule has 0 saturated heterocycles. The SMILES string of the molecule is O=[N+]([O-])/C=C/[C@H](O)[C@@H](O)[C@@H](O)[C@H](O)CO. The Hall–Kier alpha value is -1.06. The lowest BCUT2D eigenvalue weighted by Gasteiger charge is -2.23. The molecule has 0 aliphatic rings. The molecule has 0 aromatic rings. The number of nitro groups is 1. The number of hydrogen-bond acceptors (Lipinski definition) is 7. The van der Waals surface area contributed by atoms with Crippen molar-refractivity contribution in [3.63, 3.8) is 0 Å². The second-order valence-corrected chi connectivity index (χ2v) is 2.85. The van der Waals surface area contributed by atoms with Gasteiger partial charge in [-0.15, -0.1) is 0 Å². The predicted molar refractivity (Wildman–Crippen MR) is 47.2 cm³/mol. The van der Waals surface area contributed by atoms with Crippen LogP contribution in [-0.2, 0) is 0 Å². The van der Waals surface area contributed by atoms with Gasteiger partial charge in [0.15, 0.2) is 0 Å². The molecule has 0 aliphatic carbocycles. The van der Waals surface area contributed by atoms with Gasteiger partial charge in [0.25, 0.3) is 0 Å². The Labute approximate surface area is 84.9 Å². The predicted octanol–water partition coefficient (Wildman–Crippen LogP) is -2.79. The molecule has 0 aromatic carbocycles. The fourth-order valence-corrected chi connectivity index (χ4v) is 0.810. The standard InChI is InChI=1S/C7H13NO7/c9-3-5(11)7(13)6(12)4(10)1-2-8(14)15/h1-2,4-7,9-13H,3H2/b2-1+/t4-,5+,6+,7-/m0/s1. The van der Waals surface area contributed by atoms with E-state index in [0.717, 1.165) is 0 Å². The van der Waals surface area contributed by atoms with Crippen LogP contribution in [0.15, 0.2) is 12.3 Å². The van der Waals surface area contributed by atoms with E-state index in [-0.39, 0.29) is 0 Å². The van der Waals surface area contributed by atoms with E-state index in [9.17, 15) is 10.1 Å². The molecule has 0 unspecified atom stereocenters. The summed E-state index contributed by atoms with van der Waals surface area (Å²) in [6.45, 7) is -0.802. The Kier molecular flexibility index (Phi) is 5.97. The number of aliphatic hydroxyl groups excluding tert-OH is 5. The van der Waals surface area contributed by atoms with Gasteiger partial charge in [-0.25, -0.2) is 0 Å². The van der Waals surface area contributed by atoms with Crippen molar-refractivity contribution in [1.82, 2.24) is 0 Å². The number of hydrogen-bond donors (Lipinski definition) is 5. The molecule has 0 amide bonds. The first-order chi connectivity index (χ1) is 6.90. The van der Waals surface area contributed by atoms with Gasteiger partial charge in [0.2, 0.25) is 6.20 Å². The lowest BCUT2D eigenvalue weighted by atomic mass is 10.0. The molecule has 4 atom stereocenters. The monoisotopic (exact) mass is 223 g/mol. The molecule has 0 heterocycles. The van der Waals surface area contributed by atoms with E-state index < -0.39 is 35.9 Å². The molecule has 0 aliphatic heterocycles. The summed E-state index contributed by atoms with van der Waals surface area (Å²) in [5.41, 5.74) is 0. The summed E-state index contributed by atoms with van der Waals surface area (Å²) in [4.78, 5) is 9.00. The summed E-state index contributed by atoms with van der Waals surface area (Å²) in [5.74, 6) is 0. The van der Waals surface area contributed by atoms with Crippen LogP contribution in [0.25, 0.3) is 0 Å². The van der Waals surface area contributed by atoms with Gasteiger partial charge < -0.3 is 25.5 Å². The summed E-state index contributed by atoms with van der Waals surface area (Å²) in [7, 11) is 0. The van der Waals surface area contributed by atoms with Crippen molar-refractivity contribution in [3.05, 3.63) is 22.4 Å². The largest absolute Gasteiger partial charge is 0.394 e. The van der Waals surface area contributed by atoms with Crippen molar-refractivity contribution in [2.75, 3.05) is 6.61 Å². The van der Waals surface area contributed by atoms with Gasteiger partial charge in [-0.05, 0) is 0 Å². The fraction of sp³-hybridized carbons (Fsp3) is 0.714. The maximum Gasteiger partial charge on any atom is 0.233 e. The van der Waals surface area contributed by atoms with Gasteiger partial charge in [0.05, 0.1) is 11.5 Å². The van der Waals surface area contributed by atoms with Crippen molar-refractivity contribution in [3.8, 4) is 0 Å². The van der Waals surface area contributed by atoms with Crippen LogP contribution in [0.2, 0.25) is 0 Å². The molecule has 5 N–H and O–H groups in total. The summed E-state index contributed by atoms with van der Waals surface area (Å²) in [6.07, 6.45) is -5.89. The van der Waals surface area contributed by atoms with Crippen LogP contribution in [-0.4, -0.2) is 61.5 Å². The third-order valence-electron chi connectivity index (χ3n) is 1.69. The van der Waals surface area contributed by atoms with E-state index in [1.165, 1.54) is 0 Å². The van der Waals surface area contributed by atoms with Crippen LogP contribution in [0.4, 0.5) is 0 Å². The smallest absolute Gasteiger partial charge is 0.233 e. The lowest BCUT2D eigenvalue weighted by molar-refractivity contribution is -0.403. The van der Waals surface area contributed by atoms with Crippen molar-refractivity contribution >= 4 is 0 Å². The first-order valence-corrected chi connectivity index (χ1v) is 4.05. The molecule has 15 heavy (non-hydrogen) atoms. The number of nitrogens with zero attached hydrogens (tertiary/aromatic N) is 1. The van der Waals surface area contributed by atoms with E-state index in [0.29, 0.717) is 12.3 Å². The highest BCUT2D eigenvalue weighted by Gasteiger charge is 2.28. The van der Waals surface area contributed by atoms with E-state index in [4.69, 9.17) is 25.5 Å². The molecule has 0 bridgehead atoms. The highest BCUT2D eigenvalue weighted by atomic mass is 16.6. The lowest BCUT2D eigenvalue weighted by Crippen LogP contribution is -2.45. The zero-order chi connectivity index (χ0) is 12.0. The van der Waals surface area contributed by atoms with Gasteiger partial charge in [-0.2, -0.15) is 0 Å². The van der Waals surface area contributed by atoms with Gasteiger partial charge in [-0.1, -0.05) is 0 Å². The molecule has 0 aromatic heterocycles. The van der Waals surface area contributed by atoms with E-state index in [2.05, 4.69) is 0 Å². The third-order valence-corrected chi connectivity index (χ3v) is 1.69. The molecule has 0 saturated carbocycles. The zero-order valence-electron chi connectivity index (χ0n) is 7.67. The highest BCUT2D eigenvalue weighted by molar-refractivity contribution is 4.92. The Bertz CT molecular complexity index is 231. The minimum absolute atomic E-state index is 0.395. The molecule has 0 radical (unpaired) electrons. The number of aliphatic hydroxyl groups is 5. The Morgan fingerprint density at radius 2 is 1.73 bits per heavy atom. The molecule has 8 heteroatoms. The molecular formula is C7H13NO7. The third kappa shape index (κ3) is 4.81. The fourth-order valence-electron chi connectivity index (χ4n) is 0.810. The van der Waals surface area contributed by atoms with Gasteiger partial charge in [0.1, 0.15) is 24.4 Å². The summed E-state index contributed by atoms with van der Waals surface area (Å²) in [5, 5.41) is 54.5. The molecule has 88 valence electrons. The van der Waals surface area contributed by atoms with E-state index >= 15 is 0 Å². The number of rotatable bonds is 6. The Balaban J connectivity index is 4.30. The summed E-state index contributed by atoms with van der Waals surface area (Å²) >= 11 is 0. The minimum atomic E-state index is -1.82. The van der Waals surface area contributed by atoms with Crippen molar-refractivity contribution in [2.24, 2.45) is 0 Å². The average molecular weight is 223 g/mol. The summed E-state index contributed by atoms with van der Waals surface area (Å²) < 4.78 is 0. The van der Waals surface area contributed by atoms with Crippen molar-refractivity contribution in [1.29, 1.82) is 0 Å². The van der Waals surface area contributed by atoms with Crippen LogP contribution < -0.4 is 0 Å². The first-order valence-electron chi connectivity index (χ1n) is 4.05. The molecular weight excluding hydrogens is 210 g/mol. The quantitative estimate of drug-likeness (QED) is 0.242. The van der Waals surface area contributed by atoms with Gasteiger partial charge in [0, 0.05) is 6.08 Å². The van der Waals surface area contributed by atoms with Crippen LogP contribution in [0, 0.1) is 10.1 Å². The van der Waals surface area contributed by atoms with Crippen molar-refractivity contribution in [2.45, 2.75) is 24.4 Å². The zero-order valence-corrected chi connectivity index (χ0v) is 7.67. The highest BCUT2D eigenvalue weighted by Crippen LogP contribution is 2.05. The second-order valence-electron chi connectivity index (χ2n) is 2.85. The van der Waals surface area contributed by atoms with Crippen LogP contribution in [0.5, 0.6) is 0 Å². The van der Waals surface area contributed by atoms with Crippen molar-refractivity contribution < 1.29 is 30.5 Å². The molecule has 0 fully saturated rings. The topological polar surface area (TPSA) is 144 Å². The summed E-state index contributed by atoms with van der Waals surface area (Å²) in [6, 6.07) is 0. The van der Waals surface area contributed by atoms with Crippen LogP contribution >= 0.6 is 0 Å². The minimum Gasteiger partial charge on any atom is -0.394 e. The first kappa shape index (κ1) is 13.9. The average Bonchev–Trinajstić information content (AvgIpc) is 2.22. The molecule has 8 nitrogen and oxygen atoms in total. The molecule has 0 spiro atoms. The van der Waals surface area contributed by atoms with Gasteiger partial charge >= 0.3 is 0 Å². The maximum atomic E-state index is 9.86. The van der Waals surface area contributed by atoms with E-state index in [1.807, 2.05) is 0 Å². The Morgan fingerprint density at radius 1 is 1.20 bits per heavy atom. The van der Waals surface area contributed by atoms with E-state index in [1.54, 1.807) is 0 Å².